The second-order valence-electron chi connectivity index (χ2n) is 4.80. The van der Waals surface area contributed by atoms with E-state index in [1.165, 1.54) is 6.20 Å². The van der Waals surface area contributed by atoms with E-state index in [1.807, 2.05) is 6.92 Å². The number of ether oxygens (including phenoxy) is 1. The van der Waals surface area contributed by atoms with Crippen molar-refractivity contribution in [3.63, 3.8) is 0 Å². The molecule has 2 N–H and O–H groups in total. The van der Waals surface area contributed by atoms with Gasteiger partial charge in [0.15, 0.2) is 0 Å². The Morgan fingerprint density at radius 1 is 1.42 bits per heavy atom. The molecule has 19 heavy (non-hydrogen) atoms. The highest BCUT2D eigenvalue weighted by Crippen LogP contribution is 2.18. The maximum atomic E-state index is 12.0. The highest BCUT2D eigenvalue weighted by Gasteiger charge is 2.21. The zero-order valence-electron chi connectivity index (χ0n) is 11.1. The number of aromatic nitrogens is 1. The van der Waals surface area contributed by atoms with Crippen molar-refractivity contribution in [2.75, 3.05) is 6.61 Å². The van der Waals surface area contributed by atoms with Gasteiger partial charge in [-0.2, -0.15) is 0 Å². The molecule has 0 aliphatic heterocycles. The maximum Gasteiger partial charge on any atom is 0.253 e. The summed E-state index contributed by atoms with van der Waals surface area (Å²) in [5.74, 6) is 0.414. The number of nitrogens with one attached hydrogen (secondary N) is 1. The third-order valence-electron chi connectivity index (χ3n) is 3.32. The van der Waals surface area contributed by atoms with Crippen LogP contribution in [-0.4, -0.2) is 34.8 Å². The fourth-order valence-electron chi connectivity index (χ4n) is 2.24. The zero-order valence-corrected chi connectivity index (χ0v) is 11.1. The molecule has 104 valence electrons. The molecule has 1 aromatic rings. The first-order valence-electron chi connectivity index (χ1n) is 6.77. The second-order valence-corrected chi connectivity index (χ2v) is 4.80. The highest BCUT2D eigenvalue weighted by molar-refractivity contribution is 5.94. The van der Waals surface area contributed by atoms with Crippen molar-refractivity contribution in [3.05, 3.63) is 23.9 Å². The van der Waals surface area contributed by atoms with Gasteiger partial charge in [0.1, 0.15) is 0 Å². The summed E-state index contributed by atoms with van der Waals surface area (Å²) in [7, 11) is 0. The Labute approximate surface area is 113 Å². The summed E-state index contributed by atoms with van der Waals surface area (Å²) in [4.78, 5) is 16.1. The van der Waals surface area contributed by atoms with Crippen LogP contribution in [0.15, 0.2) is 18.3 Å². The molecule has 1 amide bonds. The van der Waals surface area contributed by atoms with Crippen LogP contribution in [-0.2, 0) is 0 Å². The average Bonchev–Trinajstić information content (AvgIpc) is 2.42. The lowest BCUT2D eigenvalue weighted by atomic mass is 9.93. The van der Waals surface area contributed by atoms with Gasteiger partial charge < -0.3 is 15.2 Å². The van der Waals surface area contributed by atoms with E-state index in [9.17, 15) is 9.90 Å². The van der Waals surface area contributed by atoms with Crippen molar-refractivity contribution in [1.82, 2.24) is 10.3 Å². The summed E-state index contributed by atoms with van der Waals surface area (Å²) in [6.07, 6.45) is 4.49. The van der Waals surface area contributed by atoms with Crippen LogP contribution in [0.4, 0.5) is 0 Å². The fourth-order valence-corrected chi connectivity index (χ4v) is 2.24. The first kappa shape index (κ1) is 13.8. The van der Waals surface area contributed by atoms with E-state index in [4.69, 9.17) is 4.74 Å². The highest BCUT2D eigenvalue weighted by atomic mass is 16.5. The Kier molecular flexibility index (Phi) is 4.74. The van der Waals surface area contributed by atoms with Gasteiger partial charge in [0.05, 0.1) is 18.3 Å². The van der Waals surface area contributed by atoms with Gasteiger partial charge in [0.25, 0.3) is 5.91 Å². The summed E-state index contributed by atoms with van der Waals surface area (Å²) in [5.41, 5.74) is 0.537. The van der Waals surface area contributed by atoms with Crippen LogP contribution in [0.2, 0.25) is 0 Å². The lowest BCUT2D eigenvalue weighted by Crippen LogP contribution is -2.38. The minimum atomic E-state index is -0.208. The molecule has 1 aliphatic rings. The predicted molar refractivity (Wildman–Crippen MR) is 71.1 cm³/mol. The lowest BCUT2D eigenvalue weighted by Gasteiger charge is -2.26. The molecule has 0 unspecified atom stereocenters. The quantitative estimate of drug-likeness (QED) is 0.864. The number of carbonyl (C=O) groups excluding carboxylic acids is 1. The van der Waals surface area contributed by atoms with Crippen LogP contribution in [0.5, 0.6) is 5.88 Å². The normalized spacial score (nSPS) is 22.8. The van der Waals surface area contributed by atoms with Gasteiger partial charge in [-0.1, -0.05) is 0 Å². The number of hydrogen-bond donors (Lipinski definition) is 2. The van der Waals surface area contributed by atoms with Crippen molar-refractivity contribution in [2.24, 2.45) is 0 Å². The average molecular weight is 264 g/mol. The van der Waals surface area contributed by atoms with E-state index in [1.54, 1.807) is 12.1 Å². The van der Waals surface area contributed by atoms with Gasteiger partial charge >= 0.3 is 0 Å². The predicted octanol–water partition coefficient (Wildman–Crippen LogP) is 1.51. The first-order chi connectivity index (χ1) is 9.19. The third kappa shape index (κ3) is 3.92. The molecule has 0 spiro atoms. The van der Waals surface area contributed by atoms with Crippen LogP contribution >= 0.6 is 0 Å². The van der Waals surface area contributed by atoms with Crippen LogP contribution in [0.1, 0.15) is 43.0 Å². The van der Waals surface area contributed by atoms with Crippen molar-refractivity contribution in [1.29, 1.82) is 0 Å². The van der Waals surface area contributed by atoms with Crippen LogP contribution < -0.4 is 10.1 Å². The number of pyridine rings is 1. The largest absolute Gasteiger partial charge is 0.478 e. The molecule has 5 nitrogen and oxygen atoms in total. The number of aliphatic hydroxyl groups is 1. The third-order valence-corrected chi connectivity index (χ3v) is 3.32. The minimum absolute atomic E-state index is 0.114. The Hall–Kier alpha value is -1.62. The van der Waals surface area contributed by atoms with Crippen molar-refractivity contribution < 1.29 is 14.6 Å². The maximum absolute atomic E-state index is 12.0. The standard InChI is InChI=1S/C14H20N2O3/c1-2-19-13-8-3-10(9-15-13)14(18)16-11-4-6-12(17)7-5-11/h3,8-9,11-12,17H,2,4-7H2,1H3,(H,16,18). The van der Waals surface area contributed by atoms with E-state index < -0.39 is 0 Å². The Bertz CT molecular complexity index is 411. The molecule has 1 fully saturated rings. The van der Waals surface area contributed by atoms with Crippen LogP contribution in [0.3, 0.4) is 0 Å². The number of amides is 1. The molecule has 5 heteroatoms. The minimum Gasteiger partial charge on any atom is -0.478 e. The SMILES string of the molecule is CCOc1ccc(C(=O)NC2CCC(O)CC2)cn1. The van der Waals surface area contributed by atoms with Gasteiger partial charge in [-0.25, -0.2) is 4.98 Å². The van der Waals surface area contributed by atoms with E-state index in [0.717, 1.165) is 25.7 Å². The van der Waals surface area contributed by atoms with Crippen molar-refractivity contribution in [2.45, 2.75) is 44.8 Å². The van der Waals surface area contributed by atoms with Crippen molar-refractivity contribution in [3.8, 4) is 5.88 Å². The Balaban J connectivity index is 1.88. The van der Waals surface area contributed by atoms with E-state index in [-0.39, 0.29) is 18.1 Å². The Morgan fingerprint density at radius 3 is 2.74 bits per heavy atom. The second kappa shape index (κ2) is 6.52. The smallest absolute Gasteiger partial charge is 0.253 e. The van der Waals surface area contributed by atoms with Gasteiger partial charge in [-0.15, -0.1) is 0 Å². The molecule has 1 aromatic heterocycles. The van der Waals surface area contributed by atoms with Gasteiger partial charge in [-0.05, 0) is 38.7 Å². The molecular formula is C14H20N2O3. The van der Waals surface area contributed by atoms with Crippen LogP contribution in [0, 0.1) is 0 Å². The number of hydrogen-bond acceptors (Lipinski definition) is 4. The number of aliphatic hydroxyl groups excluding tert-OH is 1. The fraction of sp³-hybridized carbons (Fsp3) is 0.571. The number of rotatable bonds is 4. The molecular weight excluding hydrogens is 244 g/mol. The van der Waals surface area contributed by atoms with Gasteiger partial charge in [0, 0.05) is 18.3 Å². The molecule has 1 aliphatic carbocycles. The summed E-state index contributed by atoms with van der Waals surface area (Å²) in [6.45, 7) is 2.45. The lowest BCUT2D eigenvalue weighted by molar-refractivity contribution is 0.0867. The van der Waals surface area contributed by atoms with E-state index >= 15 is 0 Å². The summed E-state index contributed by atoms with van der Waals surface area (Å²) >= 11 is 0. The van der Waals surface area contributed by atoms with E-state index in [0.29, 0.717) is 18.1 Å². The zero-order chi connectivity index (χ0) is 13.7. The van der Waals surface area contributed by atoms with E-state index in [2.05, 4.69) is 10.3 Å². The van der Waals surface area contributed by atoms with Gasteiger partial charge in [-0.3, -0.25) is 4.79 Å². The molecule has 1 saturated carbocycles. The monoisotopic (exact) mass is 264 g/mol. The molecule has 0 atom stereocenters. The molecule has 2 rings (SSSR count). The van der Waals surface area contributed by atoms with Crippen molar-refractivity contribution >= 4 is 5.91 Å². The topological polar surface area (TPSA) is 71.5 Å². The summed E-state index contributed by atoms with van der Waals surface area (Å²) < 4.78 is 5.23. The molecule has 0 saturated heterocycles. The Morgan fingerprint density at radius 2 is 2.16 bits per heavy atom. The molecule has 1 heterocycles. The molecule has 0 radical (unpaired) electrons. The van der Waals surface area contributed by atoms with Crippen LogP contribution in [0.25, 0.3) is 0 Å². The number of carbonyl (C=O) groups is 1. The van der Waals surface area contributed by atoms with Gasteiger partial charge in [0.2, 0.25) is 5.88 Å². The number of nitrogens with zero attached hydrogens (tertiary/aromatic N) is 1. The summed E-state index contributed by atoms with van der Waals surface area (Å²) in [5, 5.41) is 12.4. The molecule has 0 bridgehead atoms. The first-order valence-corrected chi connectivity index (χ1v) is 6.77. The molecule has 0 aromatic carbocycles. The summed E-state index contributed by atoms with van der Waals surface area (Å²) in [6, 6.07) is 3.57.